The Kier molecular flexibility index (Phi) is 2.89. The Morgan fingerprint density at radius 2 is 2.00 bits per heavy atom. The van der Waals surface area contributed by atoms with Gasteiger partial charge < -0.3 is 4.18 Å². The molecular formula is C9H16NO2S+. The van der Waals surface area contributed by atoms with Crippen LogP contribution in [0.15, 0.2) is 0 Å². The summed E-state index contributed by atoms with van der Waals surface area (Å²) in [5.41, 5.74) is 0. The number of quaternary nitrogens is 1. The zero-order valence-electron chi connectivity index (χ0n) is 8.21. The van der Waals surface area contributed by atoms with E-state index in [2.05, 4.69) is 25.1 Å². The van der Waals surface area contributed by atoms with Crippen molar-refractivity contribution in [2.75, 3.05) is 26.4 Å². The fourth-order valence-electron chi connectivity index (χ4n) is 1.36. The van der Waals surface area contributed by atoms with Crippen LogP contribution in [0.25, 0.3) is 0 Å². The molecule has 0 N–H and O–H groups in total. The smallest absolute Gasteiger partial charge is 0.193 e. The standard InChI is InChI=1S/C9H16NO2S/c1-10(6-4-5-7-10)8-9-12-13(2,3)11/h2,4-7H2,1,3H3/q+1. The summed E-state index contributed by atoms with van der Waals surface area (Å²) in [4.78, 5) is 0. The predicted octanol–water partition coefficient (Wildman–Crippen LogP) is 0.423. The molecule has 1 aliphatic rings. The Bertz CT molecular complexity index is 328. The first kappa shape index (κ1) is 10.4. The van der Waals surface area contributed by atoms with E-state index >= 15 is 0 Å². The fraction of sp³-hybridized carbons (Fsp3) is 0.667. The van der Waals surface area contributed by atoms with Crippen molar-refractivity contribution in [3.8, 4) is 12.2 Å². The maximum atomic E-state index is 11.0. The Labute approximate surface area is 80.5 Å². The monoisotopic (exact) mass is 202 g/mol. The first-order valence-corrected chi connectivity index (χ1v) is 6.35. The number of rotatable bonds is 1. The predicted molar refractivity (Wildman–Crippen MR) is 55.2 cm³/mol. The third-order valence-electron chi connectivity index (χ3n) is 2.09. The molecule has 1 unspecified atom stereocenters. The topological polar surface area (TPSA) is 26.3 Å². The van der Waals surface area contributed by atoms with Gasteiger partial charge in [0.25, 0.3) is 0 Å². The van der Waals surface area contributed by atoms with Crippen molar-refractivity contribution in [3.63, 3.8) is 0 Å². The molecule has 74 valence electrons. The highest BCUT2D eigenvalue weighted by atomic mass is 32.2. The van der Waals surface area contributed by atoms with E-state index in [0.29, 0.717) is 4.48 Å². The van der Waals surface area contributed by atoms with Gasteiger partial charge in [-0.15, -0.1) is 0 Å². The molecule has 0 spiro atoms. The van der Waals surface area contributed by atoms with Gasteiger partial charge in [0, 0.05) is 19.1 Å². The molecule has 0 aromatic carbocycles. The lowest BCUT2D eigenvalue weighted by molar-refractivity contribution is -0.830. The Hall–Kier alpha value is -0.660. The quantitative estimate of drug-likeness (QED) is 0.350. The molecule has 0 bridgehead atoms. The number of nitrogens with zero attached hydrogens (tertiary/aromatic N) is 1. The van der Waals surface area contributed by atoms with Crippen LogP contribution in [0.4, 0.5) is 0 Å². The molecule has 4 heteroatoms. The van der Waals surface area contributed by atoms with E-state index in [9.17, 15) is 4.21 Å². The van der Waals surface area contributed by atoms with Crippen molar-refractivity contribution in [1.29, 1.82) is 0 Å². The van der Waals surface area contributed by atoms with Gasteiger partial charge in [-0.25, -0.2) is 8.69 Å². The van der Waals surface area contributed by atoms with Crippen LogP contribution >= 0.6 is 0 Å². The van der Waals surface area contributed by atoms with Crippen LogP contribution in [0.1, 0.15) is 12.8 Å². The van der Waals surface area contributed by atoms with Crippen molar-refractivity contribution in [2.45, 2.75) is 12.8 Å². The molecule has 0 saturated carbocycles. The molecular weight excluding hydrogens is 186 g/mol. The summed E-state index contributed by atoms with van der Waals surface area (Å²) in [6.07, 6.45) is 6.34. The molecule has 0 amide bonds. The van der Waals surface area contributed by atoms with Gasteiger partial charge >= 0.3 is 0 Å². The first-order chi connectivity index (χ1) is 5.91. The SMILES string of the molecule is C=S(C)(=O)OC#C[N+]1(C)CCCC1. The van der Waals surface area contributed by atoms with E-state index < -0.39 is 9.80 Å². The Balaban J connectivity index is 2.56. The normalized spacial score (nSPS) is 24.2. The van der Waals surface area contributed by atoms with E-state index in [-0.39, 0.29) is 0 Å². The first-order valence-electron chi connectivity index (χ1n) is 4.29. The molecule has 0 aromatic heterocycles. The van der Waals surface area contributed by atoms with Crippen LogP contribution in [-0.4, -0.2) is 41.0 Å². The zero-order valence-corrected chi connectivity index (χ0v) is 9.02. The molecule has 1 heterocycles. The molecule has 0 radical (unpaired) electrons. The highest BCUT2D eigenvalue weighted by Gasteiger charge is 2.25. The van der Waals surface area contributed by atoms with Gasteiger partial charge in [0.15, 0.2) is 12.2 Å². The molecule has 1 atom stereocenters. The summed E-state index contributed by atoms with van der Waals surface area (Å²) in [5.74, 6) is 3.35. The second-order valence-electron chi connectivity index (χ2n) is 3.77. The third-order valence-corrected chi connectivity index (χ3v) is 2.52. The van der Waals surface area contributed by atoms with Gasteiger partial charge in [-0.2, -0.15) is 0 Å². The van der Waals surface area contributed by atoms with Crippen molar-refractivity contribution in [1.82, 2.24) is 0 Å². The summed E-state index contributed by atoms with van der Waals surface area (Å²) >= 11 is 0. The molecule has 1 aliphatic heterocycles. The maximum absolute atomic E-state index is 11.0. The molecule has 0 aromatic rings. The van der Waals surface area contributed by atoms with Crippen molar-refractivity contribution < 1.29 is 12.9 Å². The Morgan fingerprint density at radius 3 is 2.46 bits per heavy atom. The van der Waals surface area contributed by atoms with E-state index in [1.54, 1.807) is 0 Å². The third kappa shape index (κ3) is 3.71. The van der Waals surface area contributed by atoms with E-state index in [1.165, 1.54) is 19.1 Å². The lowest BCUT2D eigenvalue weighted by Crippen LogP contribution is -2.35. The highest BCUT2D eigenvalue weighted by molar-refractivity contribution is 7.95. The molecule has 3 nitrogen and oxygen atoms in total. The number of likely N-dealkylation sites (tertiary alicyclic amines) is 1. The zero-order chi connectivity index (χ0) is 9.95. The minimum Gasteiger partial charge on any atom is -0.352 e. The van der Waals surface area contributed by atoms with Gasteiger partial charge in [-0.3, -0.25) is 0 Å². The van der Waals surface area contributed by atoms with E-state index in [4.69, 9.17) is 4.18 Å². The lowest BCUT2D eigenvalue weighted by Gasteiger charge is -2.18. The van der Waals surface area contributed by atoms with Gasteiger partial charge in [0.05, 0.1) is 20.1 Å². The second kappa shape index (κ2) is 3.60. The minimum atomic E-state index is -2.43. The maximum Gasteiger partial charge on any atom is 0.193 e. The summed E-state index contributed by atoms with van der Waals surface area (Å²) in [5, 5.41) is 0. The van der Waals surface area contributed by atoms with Gasteiger partial charge in [0.1, 0.15) is 9.80 Å². The molecule has 1 fully saturated rings. The number of hydrogen-bond donors (Lipinski definition) is 0. The lowest BCUT2D eigenvalue weighted by atomic mass is 10.4. The van der Waals surface area contributed by atoms with E-state index in [0.717, 1.165) is 13.1 Å². The summed E-state index contributed by atoms with van der Waals surface area (Å²) < 4.78 is 16.5. The summed E-state index contributed by atoms with van der Waals surface area (Å²) in [7, 11) is -0.367. The minimum absolute atomic E-state index is 0.704. The van der Waals surface area contributed by atoms with Crippen LogP contribution in [0.3, 0.4) is 0 Å². The van der Waals surface area contributed by atoms with Crippen LogP contribution in [0.2, 0.25) is 0 Å². The molecule has 1 saturated heterocycles. The average molecular weight is 202 g/mol. The van der Waals surface area contributed by atoms with Gasteiger partial charge in [-0.05, 0) is 5.87 Å². The van der Waals surface area contributed by atoms with Crippen LogP contribution < -0.4 is 0 Å². The molecule has 1 rings (SSSR count). The van der Waals surface area contributed by atoms with Crippen LogP contribution in [-0.2, 0) is 14.0 Å². The summed E-state index contributed by atoms with van der Waals surface area (Å²) in [6, 6.07) is 2.96. The van der Waals surface area contributed by atoms with Crippen LogP contribution in [0, 0.1) is 12.2 Å². The average Bonchev–Trinajstić information content (AvgIpc) is 2.33. The second-order valence-corrected chi connectivity index (χ2v) is 5.79. The van der Waals surface area contributed by atoms with Crippen molar-refractivity contribution in [3.05, 3.63) is 0 Å². The Morgan fingerprint density at radius 1 is 1.46 bits per heavy atom. The highest BCUT2D eigenvalue weighted by Crippen LogP contribution is 2.14. The number of hydrogen-bond acceptors (Lipinski definition) is 2. The summed E-state index contributed by atoms with van der Waals surface area (Å²) in [6.45, 7) is 2.11. The van der Waals surface area contributed by atoms with Gasteiger partial charge in [-0.1, -0.05) is 0 Å². The molecule has 0 aliphatic carbocycles. The van der Waals surface area contributed by atoms with Crippen molar-refractivity contribution >= 4 is 15.7 Å². The van der Waals surface area contributed by atoms with Crippen LogP contribution in [0.5, 0.6) is 0 Å². The fourth-order valence-corrected chi connectivity index (χ4v) is 1.58. The molecule has 13 heavy (non-hydrogen) atoms. The van der Waals surface area contributed by atoms with Crippen molar-refractivity contribution in [2.24, 2.45) is 0 Å². The largest absolute Gasteiger partial charge is 0.352 e. The van der Waals surface area contributed by atoms with Gasteiger partial charge in [0.2, 0.25) is 0 Å². The van der Waals surface area contributed by atoms with E-state index in [1.807, 2.05) is 0 Å².